The van der Waals surface area contributed by atoms with Crippen molar-refractivity contribution >= 4 is 52.3 Å². The van der Waals surface area contributed by atoms with Gasteiger partial charge in [0.05, 0.1) is 22.3 Å². The molecule has 1 aliphatic carbocycles. The number of carbonyl (C=O) groups is 6. The van der Waals surface area contributed by atoms with E-state index in [0.717, 1.165) is 18.2 Å². The number of hydrogen-bond acceptors (Lipinski definition) is 6. The number of ketones is 2. The zero-order valence-corrected chi connectivity index (χ0v) is 13.5. The van der Waals surface area contributed by atoms with E-state index in [4.69, 9.17) is 0 Å². The molecule has 10 heteroatoms. The minimum atomic E-state index is -1.97. The summed E-state index contributed by atoms with van der Waals surface area (Å²) in [5, 5.41) is 36.9. The molecule has 0 bridgehead atoms. The second-order valence-corrected chi connectivity index (χ2v) is 5.73. The lowest BCUT2D eigenvalue weighted by molar-refractivity contribution is -0.110. The Kier molecular flexibility index (Phi) is 4.04. The van der Waals surface area contributed by atoms with E-state index in [0.29, 0.717) is 0 Å². The maximum Gasteiger partial charge on any atom is 0.337 e. The number of allylic oxidation sites excluding steroid dienone is 1. The molecule has 3 rings (SSSR count). The van der Waals surface area contributed by atoms with Crippen LogP contribution in [0.3, 0.4) is 0 Å². The van der Waals surface area contributed by atoms with Crippen molar-refractivity contribution < 1.29 is 49.2 Å². The van der Waals surface area contributed by atoms with Gasteiger partial charge in [0.25, 0.3) is 0 Å². The third kappa shape index (κ3) is 2.51. The van der Waals surface area contributed by atoms with Crippen LogP contribution in [0, 0.1) is 0 Å². The molecule has 0 amide bonds. The molecule has 0 unspecified atom stereocenters. The number of aromatic carboxylic acids is 4. The lowest BCUT2D eigenvalue weighted by Crippen LogP contribution is -2.21. The van der Waals surface area contributed by atoms with Crippen molar-refractivity contribution in [3.05, 3.63) is 51.6 Å². The lowest BCUT2D eigenvalue weighted by atomic mass is 9.84. The Morgan fingerprint density at radius 1 is 0.607 bits per heavy atom. The Labute approximate surface area is 153 Å². The highest BCUT2D eigenvalue weighted by atomic mass is 16.4. The number of carboxylic acids is 4. The van der Waals surface area contributed by atoms with Crippen molar-refractivity contribution in [2.24, 2.45) is 0 Å². The molecule has 0 radical (unpaired) electrons. The van der Waals surface area contributed by atoms with Crippen molar-refractivity contribution in [3.8, 4) is 0 Å². The first kappa shape index (κ1) is 18.5. The van der Waals surface area contributed by atoms with Gasteiger partial charge in [-0.1, -0.05) is 6.08 Å². The number of fused-ring (bicyclic) bond motifs is 2. The van der Waals surface area contributed by atoms with Crippen molar-refractivity contribution in [2.75, 3.05) is 0 Å². The number of rotatable bonds is 4. The zero-order valence-electron chi connectivity index (χ0n) is 13.5. The third-order valence-corrected chi connectivity index (χ3v) is 4.22. The molecule has 0 aliphatic heterocycles. The summed E-state index contributed by atoms with van der Waals surface area (Å²) < 4.78 is 0. The molecule has 0 aromatic heterocycles. The van der Waals surface area contributed by atoms with Crippen LogP contribution in [0.1, 0.15) is 57.4 Å². The minimum absolute atomic E-state index is 0.0651. The monoisotopic (exact) mass is 384 g/mol. The maximum atomic E-state index is 12.1. The Balaban J connectivity index is 2.69. The molecule has 0 heterocycles. The predicted octanol–water partition coefficient (Wildman–Crippen LogP) is 1.41. The molecule has 0 saturated carbocycles. The molecule has 0 saturated heterocycles. The number of Topliss-reactive ketones (excluding diaryl/α,β-unsaturated/α-hetero) is 1. The zero-order chi connectivity index (χ0) is 20.9. The Morgan fingerprint density at radius 3 is 1.46 bits per heavy atom. The summed E-state index contributed by atoms with van der Waals surface area (Å²) >= 11 is 0. The van der Waals surface area contributed by atoms with Crippen LogP contribution >= 0.6 is 0 Å². The fourth-order valence-corrected chi connectivity index (χ4v) is 3.13. The molecule has 140 valence electrons. The summed E-state index contributed by atoms with van der Waals surface area (Å²) in [5.41, 5.74) is -4.57. The molecule has 2 aromatic carbocycles. The van der Waals surface area contributed by atoms with E-state index < -0.39 is 68.5 Å². The van der Waals surface area contributed by atoms with Crippen LogP contribution in [-0.2, 0) is 4.79 Å². The van der Waals surface area contributed by atoms with Gasteiger partial charge >= 0.3 is 23.9 Å². The molecule has 28 heavy (non-hydrogen) atoms. The molecule has 1 aliphatic rings. The highest BCUT2D eigenvalue weighted by Gasteiger charge is 2.34. The molecule has 0 atom stereocenters. The van der Waals surface area contributed by atoms with Crippen LogP contribution < -0.4 is 0 Å². The van der Waals surface area contributed by atoms with Gasteiger partial charge < -0.3 is 20.4 Å². The van der Waals surface area contributed by atoms with Crippen LogP contribution in [-0.4, -0.2) is 55.9 Å². The summed E-state index contributed by atoms with van der Waals surface area (Å²) in [6, 6.07) is 1.93. The molecule has 0 fully saturated rings. The average Bonchev–Trinajstić information content (AvgIpc) is 2.60. The van der Waals surface area contributed by atoms with Crippen LogP contribution in [0.5, 0.6) is 0 Å². The van der Waals surface area contributed by atoms with Crippen LogP contribution in [0.25, 0.3) is 16.8 Å². The van der Waals surface area contributed by atoms with Gasteiger partial charge in [-0.2, -0.15) is 0 Å². The number of carboxylic acid groups (broad SMARTS) is 4. The van der Waals surface area contributed by atoms with Crippen molar-refractivity contribution in [1.29, 1.82) is 0 Å². The Bertz CT molecular complexity index is 1200. The number of hydrogen-bond donors (Lipinski definition) is 4. The summed E-state index contributed by atoms with van der Waals surface area (Å²) in [5.74, 6) is -9.46. The quantitative estimate of drug-likeness (QED) is 0.562. The summed E-state index contributed by atoms with van der Waals surface area (Å²) in [7, 11) is 0. The first-order valence-corrected chi connectivity index (χ1v) is 7.43. The predicted molar refractivity (Wildman–Crippen MR) is 90.2 cm³/mol. The van der Waals surface area contributed by atoms with E-state index in [9.17, 15) is 49.2 Å². The van der Waals surface area contributed by atoms with E-state index in [-0.39, 0.29) is 11.1 Å². The highest BCUT2D eigenvalue weighted by Crippen LogP contribution is 2.35. The maximum absolute atomic E-state index is 12.1. The van der Waals surface area contributed by atoms with Crippen molar-refractivity contribution in [2.45, 2.75) is 0 Å². The molecule has 2 aromatic rings. The second-order valence-electron chi connectivity index (χ2n) is 5.73. The van der Waals surface area contributed by atoms with Crippen LogP contribution in [0.4, 0.5) is 0 Å². The van der Waals surface area contributed by atoms with Gasteiger partial charge in [-0.15, -0.1) is 0 Å². The Hall–Kier alpha value is -4.34. The first-order valence-electron chi connectivity index (χ1n) is 7.43. The fraction of sp³-hybridized carbons (Fsp3) is 0. The fourth-order valence-electron chi connectivity index (χ4n) is 3.13. The van der Waals surface area contributed by atoms with Gasteiger partial charge in [-0.05, 0) is 34.5 Å². The van der Waals surface area contributed by atoms with E-state index in [1.165, 1.54) is 6.08 Å². The molecule has 4 N–H and O–H groups in total. The van der Waals surface area contributed by atoms with Crippen molar-refractivity contribution in [3.63, 3.8) is 0 Å². The minimum Gasteiger partial charge on any atom is -0.478 e. The third-order valence-electron chi connectivity index (χ3n) is 4.22. The summed E-state index contributed by atoms with van der Waals surface area (Å²) in [4.78, 5) is 70.4. The smallest absolute Gasteiger partial charge is 0.337 e. The van der Waals surface area contributed by atoms with E-state index in [1.807, 2.05) is 0 Å². The second kappa shape index (κ2) is 6.13. The van der Waals surface area contributed by atoms with Crippen LogP contribution in [0.15, 0.2) is 18.2 Å². The summed E-state index contributed by atoms with van der Waals surface area (Å²) in [6.45, 7) is 0. The molecule has 10 nitrogen and oxygen atoms in total. The normalized spacial score (nSPS) is 12.7. The molecule has 0 spiro atoms. The van der Waals surface area contributed by atoms with Gasteiger partial charge in [0.15, 0.2) is 0 Å². The average molecular weight is 384 g/mol. The SMILES string of the molecule is O=C1C=Cc2cc3c(C(=O)O)c(C(=O)O)c(C(=O)O)c(C(=O)O)c3cc2C1=O. The van der Waals surface area contributed by atoms with Gasteiger partial charge in [-0.25, -0.2) is 19.2 Å². The van der Waals surface area contributed by atoms with Gasteiger partial charge in [0, 0.05) is 5.56 Å². The number of benzene rings is 2. The standard InChI is InChI=1S/C18H8O10/c19-9-2-1-5-3-7-8(4-6(5)14(9)20)11(16(23)24)13(18(27)28)12(17(25)26)10(7)15(21)22/h1-4H,(H,21,22)(H,23,24)(H,25,26)(H,27,28). The highest BCUT2D eigenvalue weighted by molar-refractivity contribution is 6.50. The topological polar surface area (TPSA) is 183 Å². The van der Waals surface area contributed by atoms with Crippen molar-refractivity contribution in [1.82, 2.24) is 0 Å². The van der Waals surface area contributed by atoms with Crippen LogP contribution in [0.2, 0.25) is 0 Å². The Morgan fingerprint density at radius 2 is 1.04 bits per heavy atom. The summed E-state index contributed by atoms with van der Waals surface area (Å²) in [6.07, 6.45) is 2.12. The number of carbonyl (C=O) groups excluding carboxylic acids is 2. The van der Waals surface area contributed by atoms with E-state index >= 15 is 0 Å². The van der Waals surface area contributed by atoms with Gasteiger partial charge in [-0.3, -0.25) is 9.59 Å². The first-order chi connectivity index (χ1) is 13.1. The molecular formula is C18H8O10. The van der Waals surface area contributed by atoms with Gasteiger partial charge in [0.2, 0.25) is 11.6 Å². The molecular weight excluding hydrogens is 376 g/mol. The van der Waals surface area contributed by atoms with Gasteiger partial charge in [0.1, 0.15) is 0 Å². The van der Waals surface area contributed by atoms with E-state index in [1.54, 1.807) is 0 Å². The largest absolute Gasteiger partial charge is 0.478 e. The lowest BCUT2D eigenvalue weighted by Gasteiger charge is -2.17. The van der Waals surface area contributed by atoms with E-state index in [2.05, 4.69) is 0 Å².